The van der Waals surface area contributed by atoms with E-state index in [1.807, 2.05) is 31.2 Å². The number of hydrogen-bond acceptors (Lipinski definition) is 6. The van der Waals surface area contributed by atoms with E-state index < -0.39 is 0 Å². The van der Waals surface area contributed by atoms with Gasteiger partial charge in [-0.05, 0) is 48.4 Å². The number of methoxy groups -OCH3 is 1. The molecule has 1 heterocycles. The lowest BCUT2D eigenvalue weighted by Crippen LogP contribution is -2.07. The predicted molar refractivity (Wildman–Crippen MR) is 120 cm³/mol. The van der Waals surface area contributed by atoms with Crippen LogP contribution in [0, 0.1) is 0 Å². The molecule has 156 valence electrons. The number of carbonyl (C=O) groups excluding carboxylic acids is 2. The molecule has 3 rings (SSSR count). The molecule has 0 fully saturated rings. The number of nitrogens with zero attached hydrogens (tertiary/aromatic N) is 1. The highest BCUT2D eigenvalue weighted by molar-refractivity contribution is 7.22. The highest BCUT2D eigenvalue weighted by Gasteiger charge is 2.08. The molecule has 30 heavy (non-hydrogen) atoms. The van der Waals surface area contributed by atoms with Gasteiger partial charge in [-0.25, -0.2) is 4.98 Å². The zero-order valence-electron chi connectivity index (χ0n) is 17.0. The lowest BCUT2D eigenvalue weighted by atomic mass is 10.2. The van der Waals surface area contributed by atoms with E-state index in [1.165, 1.54) is 24.3 Å². The third-order valence-corrected chi connectivity index (χ3v) is 4.95. The average Bonchev–Trinajstić information content (AvgIpc) is 3.11. The van der Waals surface area contributed by atoms with E-state index in [0.29, 0.717) is 28.9 Å². The standard InChI is InChI=1S/C22H23N3O4S/c1-4-11-29-18-9-5-15(12-19(18)28-3)6-10-21(27)24-16-7-8-17-20(13-16)30-22(25-17)23-14(2)26/h5-10,12-13H,4,11H2,1-3H3,(H,24,27)(H,23,25,26). The summed E-state index contributed by atoms with van der Waals surface area (Å²) in [4.78, 5) is 27.8. The van der Waals surface area contributed by atoms with Gasteiger partial charge in [0, 0.05) is 18.7 Å². The Bertz CT molecular complexity index is 1090. The van der Waals surface area contributed by atoms with Gasteiger partial charge in [0.15, 0.2) is 16.6 Å². The first-order valence-corrected chi connectivity index (χ1v) is 10.3. The zero-order chi connectivity index (χ0) is 21.5. The van der Waals surface area contributed by atoms with E-state index in [2.05, 4.69) is 15.6 Å². The Morgan fingerprint density at radius 1 is 1.13 bits per heavy atom. The quantitative estimate of drug-likeness (QED) is 0.511. The van der Waals surface area contributed by atoms with Gasteiger partial charge in [0.25, 0.3) is 0 Å². The third kappa shape index (κ3) is 5.57. The Kier molecular flexibility index (Phi) is 7.03. The molecule has 3 aromatic rings. The van der Waals surface area contributed by atoms with Crippen LogP contribution in [0.25, 0.3) is 16.3 Å². The summed E-state index contributed by atoms with van der Waals surface area (Å²) in [5, 5.41) is 6.03. The van der Waals surface area contributed by atoms with Crippen molar-refractivity contribution in [2.45, 2.75) is 20.3 Å². The number of hydrogen-bond donors (Lipinski definition) is 2. The van der Waals surface area contributed by atoms with Crippen molar-refractivity contribution in [3.63, 3.8) is 0 Å². The highest BCUT2D eigenvalue weighted by Crippen LogP contribution is 2.29. The smallest absolute Gasteiger partial charge is 0.248 e. The van der Waals surface area contributed by atoms with Crippen LogP contribution in [0.1, 0.15) is 25.8 Å². The Morgan fingerprint density at radius 2 is 1.97 bits per heavy atom. The van der Waals surface area contributed by atoms with Crippen LogP contribution in [0.4, 0.5) is 10.8 Å². The van der Waals surface area contributed by atoms with Crippen LogP contribution in [0.2, 0.25) is 0 Å². The van der Waals surface area contributed by atoms with Crippen molar-refractivity contribution < 1.29 is 19.1 Å². The van der Waals surface area contributed by atoms with Crippen molar-refractivity contribution in [2.75, 3.05) is 24.4 Å². The summed E-state index contributed by atoms with van der Waals surface area (Å²) >= 11 is 1.35. The average molecular weight is 426 g/mol. The van der Waals surface area contributed by atoms with Gasteiger partial charge in [0.2, 0.25) is 11.8 Å². The van der Waals surface area contributed by atoms with Gasteiger partial charge >= 0.3 is 0 Å². The summed E-state index contributed by atoms with van der Waals surface area (Å²) in [6, 6.07) is 10.9. The first-order chi connectivity index (χ1) is 14.5. The molecule has 0 aliphatic heterocycles. The Morgan fingerprint density at radius 3 is 2.70 bits per heavy atom. The summed E-state index contributed by atoms with van der Waals surface area (Å²) in [7, 11) is 1.58. The Balaban J connectivity index is 1.67. The predicted octanol–water partition coefficient (Wildman–Crippen LogP) is 4.70. The van der Waals surface area contributed by atoms with Crippen LogP contribution >= 0.6 is 11.3 Å². The first-order valence-electron chi connectivity index (χ1n) is 9.46. The lowest BCUT2D eigenvalue weighted by Gasteiger charge is -2.10. The molecular weight excluding hydrogens is 402 g/mol. The zero-order valence-corrected chi connectivity index (χ0v) is 17.8. The van der Waals surface area contributed by atoms with Crippen molar-refractivity contribution in [1.29, 1.82) is 0 Å². The van der Waals surface area contributed by atoms with Gasteiger partial charge in [-0.2, -0.15) is 0 Å². The van der Waals surface area contributed by atoms with Crippen LogP contribution in [0.3, 0.4) is 0 Å². The van der Waals surface area contributed by atoms with Crippen LogP contribution in [-0.4, -0.2) is 30.5 Å². The number of benzene rings is 2. The molecule has 0 saturated carbocycles. The third-order valence-electron chi connectivity index (χ3n) is 4.02. The van der Waals surface area contributed by atoms with Crippen LogP contribution < -0.4 is 20.1 Å². The van der Waals surface area contributed by atoms with Gasteiger partial charge in [0.1, 0.15) is 0 Å². The molecular formula is C22H23N3O4S. The van der Waals surface area contributed by atoms with Crippen LogP contribution in [0.5, 0.6) is 11.5 Å². The number of ether oxygens (including phenoxy) is 2. The minimum absolute atomic E-state index is 0.172. The molecule has 1 aromatic heterocycles. The van der Waals surface area contributed by atoms with Gasteiger partial charge in [-0.3, -0.25) is 9.59 Å². The maximum Gasteiger partial charge on any atom is 0.248 e. The molecule has 2 N–H and O–H groups in total. The minimum Gasteiger partial charge on any atom is -0.493 e. The molecule has 0 radical (unpaired) electrons. The molecule has 2 amide bonds. The number of carbonyl (C=O) groups is 2. The summed E-state index contributed by atoms with van der Waals surface area (Å²) < 4.78 is 11.9. The summed E-state index contributed by atoms with van der Waals surface area (Å²) in [5.74, 6) is 0.870. The molecule has 0 unspecified atom stereocenters. The molecule has 7 nitrogen and oxygen atoms in total. The van der Waals surface area contributed by atoms with E-state index in [0.717, 1.165) is 22.2 Å². The number of fused-ring (bicyclic) bond motifs is 1. The molecule has 0 spiro atoms. The van der Waals surface area contributed by atoms with E-state index in [4.69, 9.17) is 9.47 Å². The van der Waals surface area contributed by atoms with Gasteiger partial charge in [0.05, 0.1) is 23.9 Å². The molecule has 0 saturated heterocycles. The highest BCUT2D eigenvalue weighted by atomic mass is 32.1. The van der Waals surface area contributed by atoms with E-state index in [-0.39, 0.29) is 11.8 Å². The molecule has 0 atom stereocenters. The number of aromatic nitrogens is 1. The summed E-state index contributed by atoms with van der Waals surface area (Å²) in [6.45, 7) is 4.09. The first kappa shape index (κ1) is 21.3. The Hall–Kier alpha value is -3.39. The van der Waals surface area contributed by atoms with Crippen LogP contribution in [0.15, 0.2) is 42.5 Å². The van der Waals surface area contributed by atoms with E-state index in [1.54, 1.807) is 25.3 Å². The van der Waals surface area contributed by atoms with Crippen molar-refractivity contribution >= 4 is 50.3 Å². The minimum atomic E-state index is -0.258. The van der Waals surface area contributed by atoms with E-state index >= 15 is 0 Å². The van der Waals surface area contributed by atoms with Gasteiger partial charge in [-0.1, -0.05) is 24.3 Å². The lowest BCUT2D eigenvalue weighted by molar-refractivity contribution is -0.114. The molecule has 8 heteroatoms. The number of thiazole rings is 1. The monoisotopic (exact) mass is 425 g/mol. The van der Waals surface area contributed by atoms with Crippen molar-refractivity contribution in [3.05, 3.63) is 48.0 Å². The van der Waals surface area contributed by atoms with Crippen molar-refractivity contribution in [3.8, 4) is 11.5 Å². The second-order valence-electron chi connectivity index (χ2n) is 6.46. The molecule has 0 bridgehead atoms. The molecule has 0 aliphatic carbocycles. The SMILES string of the molecule is CCCOc1ccc(C=CC(=O)Nc2ccc3nc(NC(C)=O)sc3c2)cc1OC. The maximum absolute atomic E-state index is 12.3. The van der Waals surface area contributed by atoms with E-state index in [9.17, 15) is 9.59 Å². The fourth-order valence-electron chi connectivity index (χ4n) is 2.68. The summed E-state index contributed by atoms with van der Waals surface area (Å²) in [6.07, 6.45) is 4.08. The second-order valence-corrected chi connectivity index (χ2v) is 7.49. The van der Waals surface area contributed by atoms with Crippen molar-refractivity contribution in [1.82, 2.24) is 4.98 Å². The number of anilines is 2. The van der Waals surface area contributed by atoms with Crippen molar-refractivity contribution in [2.24, 2.45) is 0 Å². The van der Waals surface area contributed by atoms with Crippen LogP contribution in [-0.2, 0) is 9.59 Å². The fraction of sp³-hybridized carbons (Fsp3) is 0.227. The Labute approximate surface area is 178 Å². The summed E-state index contributed by atoms with van der Waals surface area (Å²) in [5.41, 5.74) is 2.23. The number of amides is 2. The fourth-order valence-corrected chi connectivity index (χ4v) is 3.63. The maximum atomic E-state index is 12.3. The van der Waals surface area contributed by atoms with Gasteiger partial charge < -0.3 is 20.1 Å². The largest absolute Gasteiger partial charge is 0.493 e. The molecule has 0 aliphatic rings. The number of nitrogens with one attached hydrogen (secondary N) is 2. The van der Waals surface area contributed by atoms with Gasteiger partial charge in [-0.15, -0.1) is 0 Å². The second kappa shape index (κ2) is 9.89. The molecule has 2 aromatic carbocycles. The normalized spacial score (nSPS) is 10.9. The number of rotatable bonds is 8. The topological polar surface area (TPSA) is 89.5 Å².